The van der Waals surface area contributed by atoms with Crippen LogP contribution in [0.2, 0.25) is 0 Å². The van der Waals surface area contributed by atoms with Gasteiger partial charge in [-0.2, -0.15) is 0 Å². The van der Waals surface area contributed by atoms with Gasteiger partial charge < -0.3 is 20.3 Å². The number of aromatic nitrogens is 2. The lowest BCUT2D eigenvalue weighted by atomic mass is 10.1. The quantitative estimate of drug-likeness (QED) is 0.401. The summed E-state index contributed by atoms with van der Waals surface area (Å²) in [7, 11) is 0. The van der Waals surface area contributed by atoms with Crippen LogP contribution in [0.25, 0.3) is 0 Å². The highest BCUT2D eigenvalue weighted by Crippen LogP contribution is 2.32. The van der Waals surface area contributed by atoms with Gasteiger partial charge in [-0.25, -0.2) is 9.36 Å². The number of ether oxygens (including phenoxy) is 1. The maximum Gasteiger partial charge on any atom is 0.332 e. The highest BCUT2D eigenvalue weighted by molar-refractivity contribution is 5.36. The molecule has 4 atom stereocenters. The summed E-state index contributed by atoms with van der Waals surface area (Å²) in [6, 6.07) is 1.21. The number of hydrogen-bond acceptors (Lipinski definition) is 6. The Bertz CT molecular complexity index is 564. The van der Waals surface area contributed by atoms with E-state index in [0.29, 0.717) is 0 Å². The molecule has 1 fully saturated rings. The SMILES string of the molecule is O=c1cc2n(c(=O)[nH]1)C1OC(CN2)[C@@H](O)[C@H]1O. The number of aliphatic hydroxyl groups is 2. The van der Waals surface area contributed by atoms with Crippen LogP contribution < -0.4 is 16.6 Å². The fraction of sp³-hybridized carbons (Fsp3) is 0.556. The molecule has 4 N–H and O–H groups in total. The molecule has 1 aromatic rings. The van der Waals surface area contributed by atoms with Crippen molar-refractivity contribution in [2.24, 2.45) is 0 Å². The van der Waals surface area contributed by atoms with Crippen molar-refractivity contribution in [1.82, 2.24) is 9.55 Å². The minimum Gasteiger partial charge on any atom is -0.387 e. The molecule has 0 radical (unpaired) electrons. The fourth-order valence-electron chi connectivity index (χ4n) is 2.21. The first-order valence-electron chi connectivity index (χ1n) is 5.19. The lowest BCUT2D eigenvalue weighted by Crippen LogP contribution is -2.41. The summed E-state index contributed by atoms with van der Waals surface area (Å²) >= 11 is 0. The highest BCUT2D eigenvalue weighted by atomic mass is 16.6. The van der Waals surface area contributed by atoms with Gasteiger partial charge in [0, 0.05) is 12.6 Å². The second-order valence-corrected chi connectivity index (χ2v) is 4.12. The molecule has 0 amide bonds. The molecule has 2 aliphatic heterocycles. The smallest absolute Gasteiger partial charge is 0.332 e. The molecule has 1 aromatic heterocycles. The maximum absolute atomic E-state index is 11.7. The second-order valence-electron chi connectivity index (χ2n) is 4.12. The van der Waals surface area contributed by atoms with Gasteiger partial charge >= 0.3 is 5.69 Å². The zero-order chi connectivity index (χ0) is 12.2. The Morgan fingerprint density at radius 2 is 2.12 bits per heavy atom. The van der Waals surface area contributed by atoms with Gasteiger partial charge in [0.1, 0.15) is 24.1 Å². The van der Waals surface area contributed by atoms with E-state index < -0.39 is 35.8 Å². The lowest BCUT2D eigenvalue weighted by molar-refractivity contribution is -0.0308. The normalized spacial score (nSPS) is 34.9. The van der Waals surface area contributed by atoms with E-state index in [1.807, 2.05) is 0 Å². The third kappa shape index (κ3) is 1.42. The molecule has 0 aliphatic carbocycles. The molecular formula is C9H11N3O5. The molecule has 2 bridgehead atoms. The van der Waals surface area contributed by atoms with Gasteiger partial charge in [0.25, 0.3) is 5.56 Å². The number of hydrogen-bond donors (Lipinski definition) is 4. The number of H-pyrrole nitrogens is 1. The van der Waals surface area contributed by atoms with E-state index in [0.717, 1.165) is 4.57 Å². The monoisotopic (exact) mass is 241 g/mol. The zero-order valence-electron chi connectivity index (χ0n) is 8.66. The van der Waals surface area contributed by atoms with E-state index >= 15 is 0 Å². The molecule has 3 heterocycles. The number of nitrogens with zero attached hydrogens (tertiary/aromatic N) is 1. The van der Waals surface area contributed by atoms with E-state index in [4.69, 9.17) is 4.74 Å². The molecule has 8 heteroatoms. The largest absolute Gasteiger partial charge is 0.387 e. The predicted octanol–water partition coefficient (Wildman–Crippen LogP) is -2.42. The average Bonchev–Trinajstić information content (AvgIpc) is 2.49. The van der Waals surface area contributed by atoms with Crippen LogP contribution in [0, 0.1) is 0 Å². The number of fused-ring (bicyclic) bond motifs is 4. The van der Waals surface area contributed by atoms with E-state index in [1.54, 1.807) is 0 Å². The molecule has 17 heavy (non-hydrogen) atoms. The van der Waals surface area contributed by atoms with E-state index in [2.05, 4.69) is 10.3 Å². The van der Waals surface area contributed by atoms with Crippen molar-refractivity contribution >= 4 is 5.82 Å². The third-order valence-electron chi connectivity index (χ3n) is 3.05. The first-order chi connectivity index (χ1) is 8.08. The number of aliphatic hydroxyl groups excluding tert-OH is 2. The second kappa shape index (κ2) is 3.42. The molecule has 2 unspecified atom stereocenters. The minimum atomic E-state index is -1.19. The summed E-state index contributed by atoms with van der Waals surface area (Å²) in [6.45, 7) is 0.220. The van der Waals surface area contributed by atoms with Crippen LogP contribution in [0.4, 0.5) is 5.82 Å². The van der Waals surface area contributed by atoms with Gasteiger partial charge in [0.15, 0.2) is 6.23 Å². The van der Waals surface area contributed by atoms with Crippen LogP contribution in [0.3, 0.4) is 0 Å². The van der Waals surface area contributed by atoms with Gasteiger partial charge in [-0.05, 0) is 0 Å². The molecule has 0 saturated carbocycles. The van der Waals surface area contributed by atoms with Crippen molar-refractivity contribution < 1.29 is 14.9 Å². The van der Waals surface area contributed by atoms with Crippen LogP contribution >= 0.6 is 0 Å². The van der Waals surface area contributed by atoms with Crippen molar-refractivity contribution in [1.29, 1.82) is 0 Å². The highest BCUT2D eigenvalue weighted by Gasteiger charge is 2.46. The van der Waals surface area contributed by atoms with Gasteiger partial charge in [-0.15, -0.1) is 0 Å². The van der Waals surface area contributed by atoms with E-state index in [-0.39, 0.29) is 12.4 Å². The summed E-state index contributed by atoms with van der Waals surface area (Å²) in [5.74, 6) is 0.275. The van der Waals surface area contributed by atoms with E-state index in [1.165, 1.54) is 6.07 Å². The summed E-state index contributed by atoms with van der Waals surface area (Å²) in [6.07, 6.45) is -3.84. The topological polar surface area (TPSA) is 117 Å². The van der Waals surface area contributed by atoms with Crippen LogP contribution in [0.5, 0.6) is 0 Å². The Kier molecular flexibility index (Phi) is 2.12. The Balaban J connectivity index is 2.20. The van der Waals surface area contributed by atoms with Crippen molar-refractivity contribution in [3.63, 3.8) is 0 Å². The molecule has 92 valence electrons. The summed E-state index contributed by atoms with van der Waals surface area (Å²) in [4.78, 5) is 24.9. The third-order valence-corrected chi connectivity index (χ3v) is 3.05. The molecule has 2 aliphatic rings. The summed E-state index contributed by atoms with van der Waals surface area (Å²) < 4.78 is 6.47. The molecule has 3 rings (SSSR count). The van der Waals surface area contributed by atoms with Gasteiger partial charge in [0.2, 0.25) is 0 Å². The standard InChI is InChI=1S/C9H11N3O5/c13-5-1-4-10-2-3-6(14)7(15)8(17-3)12(4)9(16)11-5/h1,3,6-8,10,14-15H,2H2,(H,11,13,16)/t3?,6-,7-,8?/m1/s1. The van der Waals surface area contributed by atoms with E-state index in [9.17, 15) is 19.8 Å². The molecule has 1 saturated heterocycles. The van der Waals surface area contributed by atoms with Crippen molar-refractivity contribution in [2.75, 3.05) is 11.9 Å². The first kappa shape index (κ1) is 10.5. The van der Waals surface area contributed by atoms with Crippen molar-refractivity contribution in [3.8, 4) is 0 Å². The van der Waals surface area contributed by atoms with Crippen LogP contribution in [-0.2, 0) is 4.74 Å². The van der Waals surface area contributed by atoms with Crippen molar-refractivity contribution in [3.05, 3.63) is 26.9 Å². The Morgan fingerprint density at radius 1 is 1.35 bits per heavy atom. The molecule has 0 aromatic carbocycles. The van der Waals surface area contributed by atoms with Gasteiger partial charge in [-0.3, -0.25) is 9.78 Å². The van der Waals surface area contributed by atoms with Gasteiger partial charge in [0.05, 0.1) is 0 Å². The van der Waals surface area contributed by atoms with Crippen LogP contribution in [0.15, 0.2) is 15.7 Å². The number of rotatable bonds is 0. The van der Waals surface area contributed by atoms with Crippen molar-refractivity contribution in [2.45, 2.75) is 24.5 Å². The fourth-order valence-corrected chi connectivity index (χ4v) is 2.21. The number of anilines is 1. The zero-order valence-corrected chi connectivity index (χ0v) is 8.66. The minimum absolute atomic E-state index is 0.220. The first-order valence-corrected chi connectivity index (χ1v) is 5.19. The van der Waals surface area contributed by atoms with Crippen LogP contribution in [-0.4, -0.2) is 44.6 Å². The lowest BCUT2D eigenvalue weighted by Gasteiger charge is -2.21. The number of aromatic amines is 1. The Morgan fingerprint density at radius 3 is 2.88 bits per heavy atom. The maximum atomic E-state index is 11.7. The average molecular weight is 241 g/mol. The Hall–Kier alpha value is -1.64. The predicted molar refractivity (Wildman–Crippen MR) is 55.7 cm³/mol. The molecule has 0 spiro atoms. The molecular weight excluding hydrogens is 230 g/mol. The van der Waals surface area contributed by atoms with Gasteiger partial charge in [-0.1, -0.05) is 0 Å². The molecule has 8 nitrogen and oxygen atoms in total. The Labute approximate surface area is 94.5 Å². The summed E-state index contributed by atoms with van der Waals surface area (Å²) in [5, 5.41) is 22.3. The summed E-state index contributed by atoms with van der Waals surface area (Å²) in [5.41, 5.74) is -1.21. The van der Waals surface area contributed by atoms with Crippen LogP contribution in [0.1, 0.15) is 6.23 Å². The number of nitrogens with one attached hydrogen (secondary N) is 2.